The average Bonchev–Trinajstić information content (AvgIpc) is 3.36. The van der Waals surface area contributed by atoms with Gasteiger partial charge in [0.2, 0.25) is 0 Å². The van der Waals surface area contributed by atoms with E-state index in [2.05, 4.69) is 49.0 Å². The van der Waals surface area contributed by atoms with Crippen LogP contribution < -0.4 is 4.74 Å². The number of aromatic nitrogens is 2. The maximum Gasteiger partial charge on any atom is 0.127 e. The van der Waals surface area contributed by atoms with Gasteiger partial charge in [0.25, 0.3) is 0 Å². The highest BCUT2D eigenvalue weighted by atomic mass is 16.5. The minimum atomic E-state index is 0.647. The summed E-state index contributed by atoms with van der Waals surface area (Å²) < 4.78 is 7.85. The van der Waals surface area contributed by atoms with E-state index in [0.29, 0.717) is 6.04 Å². The van der Waals surface area contributed by atoms with Crippen molar-refractivity contribution in [2.24, 2.45) is 13.0 Å². The first-order valence-corrected chi connectivity index (χ1v) is 11.3. The highest BCUT2D eigenvalue weighted by Gasteiger charge is 2.25. The predicted octanol–water partition coefficient (Wildman–Crippen LogP) is 5.04. The van der Waals surface area contributed by atoms with Crippen molar-refractivity contribution in [3.63, 3.8) is 0 Å². The van der Waals surface area contributed by atoms with Crippen LogP contribution in [0.25, 0.3) is 11.3 Å². The lowest BCUT2D eigenvalue weighted by Gasteiger charge is -2.23. The van der Waals surface area contributed by atoms with Crippen LogP contribution in [0.15, 0.2) is 60.8 Å². The van der Waals surface area contributed by atoms with Crippen molar-refractivity contribution in [1.82, 2.24) is 19.6 Å². The third-order valence-electron chi connectivity index (χ3n) is 6.07. The van der Waals surface area contributed by atoms with E-state index in [1.807, 2.05) is 54.2 Å². The Balaban J connectivity index is 1.41. The number of aryl methyl sites for hydroxylation is 1. The molecule has 0 amide bonds. The van der Waals surface area contributed by atoms with Gasteiger partial charge in [-0.25, -0.2) is 0 Å². The summed E-state index contributed by atoms with van der Waals surface area (Å²) in [6.07, 6.45) is 3.45. The van der Waals surface area contributed by atoms with Gasteiger partial charge in [-0.2, -0.15) is 5.10 Å². The predicted molar refractivity (Wildman–Crippen MR) is 126 cm³/mol. The second kappa shape index (κ2) is 9.67. The van der Waals surface area contributed by atoms with Crippen molar-refractivity contribution in [1.29, 1.82) is 0 Å². The molecular formula is C26H34N4O. The molecule has 0 saturated carbocycles. The molecule has 1 atom stereocenters. The fraction of sp³-hybridized carbons (Fsp3) is 0.423. The Kier molecular flexibility index (Phi) is 6.73. The number of para-hydroxylation sites is 1. The van der Waals surface area contributed by atoms with Gasteiger partial charge in [0.1, 0.15) is 11.5 Å². The SMILES string of the molecule is CC(C)N1CCC(CN(C)Cc2cn(C)nc2-c2ccc(Oc3ccccc3)cc2)C1. The van der Waals surface area contributed by atoms with Crippen molar-refractivity contribution < 1.29 is 4.74 Å². The van der Waals surface area contributed by atoms with Crippen LogP contribution in [0, 0.1) is 5.92 Å². The van der Waals surface area contributed by atoms with Crippen molar-refractivity contribution >= 4 is 0 Å². The number of hydrogen-bond acceptors (Lipinski definition) is 4. The minimum absolute atomic E-state index is 0.647. The van der Waals surface area contributed by atoms with Gasteiger partial charge in [-0.1, -0.05) is 18.2 Å². The van der Waals surface area contributed by atoms with Crippen LogP contribution in [0.1, 0.15) is 25.8 Å². The molecule has 1 aliphatic heterocycles. The summed E-state index contributed by atoms with van der Waals surface area (Å²) >= 11 is 0. The zero-order valence-electron chi connectivity index (χ0n) is 19.2. The molecule has 3 aromatic rings. The number of ether oxygens (including phenoxy) is 1. The Morgan fingerprint density at radius 1 is 1.06 bits per heavy atom. The molecule has 5 nitrogen and oxygen atoms in total. The van der Waals surface area contributed by atoms with Gasteiger partial charge < -0.3 is 14.5 Å². The molecule has 1 saturated heterocycles. The molecule has 1 aliphatic rings. The number of nitrogens with zero attached hydrogens (tertiary/aromatic N) is 4. The van der Waals surface area contributed by atoms with E-state index in [9.17, 15) is 0 Å². The molecule has 1 aromatic heterocycles. The molecule has 0 radical (unpaired) electrons. The highest BCUT2D eigenvalue weighted by Crippen LogP contribution is 2.28. The van der Waals surface area contributed by atoms with Gasteiger partial charge >= 0.3 is 0 Å². The number of rotatable bonds is 8. The second-order valence-corrected chi connectivity index (χ2v) is 9.06. The van der Waals surface area contributed by atoms with E-state index >= 15 is 0 Å². The molecule has 31 heavy (non-hydrogen) atoms. The molecule has 0 bridgehead atoms. The molecule has 0 aliphatic carbocycles. The lowest BCUT2D eigenvalue weighted by molar-refractivity contribution is 0.235. The highest BCUT2D eigenvalue weighted by molar-refractivity contribution is 5.63. The number of hydrogen-bond donors (Lipinski definition) is 0. The Morgan fingerprint density at radius 3 is 2.45 bits per heavy atom. The summed E-state index contributed by atoms with van der Waals surface area (Å²) in [4.78, 5) is 5.04. The Bertz CT molecular complexity index is 965. The summed E-state index contributed by atoms with van der Waals surface area (Å²) in [5.74, 6) is 2.43. The van der Waals surface area contributed by atoms with Gasteiger partial charge in [-0.15, -0.1) is 0 Å². The van der Waals surface area contributed by atoms with Crippen LogP contribution in [0.2, 0.25) is 0 Å². The average molecular weight is 419 g/mol. The first-order valence-electron chi connectivity index (χ1n) is 11.3. The summed E-state index contributed by atoms with van der Waals surface area (Å²) in [7, 11) is 4.23. The molecular weight excluding hydrogens is 384 g/mol. The van der Waals surface area contributed by atoms with Gasteiger partial charge in [-0.3, -0.25) is 4.68 Å². The molecule has 2 aromatic carbocycles. The maximum atomic E-state index is 5.93. The summed E-state index contributed by atoms with van der Waals surface area (Å²) in [6, 6.07) is 18.8. The van der Waals surface area contributed by atoms with E-state index in [4.69, 9.17) is 9.84 Å². The fourth-order valence-electron chi connectivity index (χ4n) is 4.48. The van der Waals surface area contributed by atoms with Crippen molar-refractivity contribution in [3.05, 3.63) is 66.4 Å². The Labute approximate surface area is 186 Å². The molecule has 2 heterocycles. The first-order chi connectivity index (χ1) is 15.0. The summed E-state index contributed by atoms with van der Waals surface area (Å²) in [5.41, 5.74) is 3.44. The van der Waals surface area contributed by atoms with Crippen LogP contribution in [0.5, 0.6) is 11.5 Å². The number of likely N-dealkylation sites (tertiary alicyclic amines) is 1. The molecule has 5 heteroatoms. The molecule has 1 fully saturated rings. The van der Waals surface area contributed by atoms with E-state index in [0.717, 1.165) is 41.8 Å². The molecule has 0 spiro atoms. The third-order valence-corrected chi connectivity index (χ3v) is 6.07. The normalized spacial score (nSPS) is 17.0. The maximum absolute atomic E-state index is 5.93. The zero-order valence-corrected chi connectivity index (χ0v) is 19.2. The van der Waals surface area contributed by atoms with Gasteiger partial charge in [0.05, 0.1) is 5.69 Å². The van der Waals surface area contributed by atoms with E-state index in [1.54, 1.807) is 0 Å². The van der Waals surface area contributed by atoms with E-state index in [-0.39, 0.29) is 0 Å². The van der Waals surface area contributed by atoms with Crippen LogP contribution in [-0.2, 0) is 13.6 Å². The quantitative estimate of drug-likeness (QED) is 0.513. The lowest BCUT2D eigenvalue weighted by Crippen LogP contribution is -2.31. The van der Waals surface area contributed by atoms with Crippen LogP contribution >= 0.6 is 0 Å². The zero-order chi connectivity index (χ0) is 21.8. The van der Waals surface area contributed by atoms with Gasteiger partial charge in [-0.05, 0) is 76.2 Å². The minimum Gasteiger partial charge on any atom is -0.457 e. The Morgan fingerprint density at radius 2 is 1.77 bits per heavy atom. The first kappa shape index (κ1) is 21.6. The van der Waals surface area contributed by atoms with Crippen LogP contribution in [-0.4, -0.2) is 52.3 Å². The summed E-state index contributed by atoms with van der Waals surface area (Å²) in [6.45, 7) is 9.07. The second-order valence-electron chi connectivity index (χ2n) is 9.06. The van der Waals surface area contributed by atoms with Crippen LogP contribution in [0.3, 0.4) is 0 Å². The van der Waals surface area contributed by atoms with E-state index in [1.165, 1.54) is 25.1 Å². The lowest BCUT2D eigenvalue weighted by atomic mass is 10.1. The van der Waals surface area contributed by atoms with Crippen LogP contribution in [0.4, 0.5) is 0 Å². The molecule has 4 rings (SSSR count). The number of benzene rings is 2. The van der Waals surface area contributed by atoms with Crippen molar-refractivity contribution in [3.8, 4) is 22.8 Å². The fourth-order valence-corrected chi connectivity index (χ4v) is 4.48. The van der Waals surface area contributed by atoms with Gasteiger partial charge in [0.15, 0.2) is 0 Å². The Hall–Kier alpha value is -2.63. The third kappa shape index (κ3) is 5.54. The topological polar surface area (TPSA) is 33.5 Å². The monoisotopic (exact) mass is 418 g/mol. The largest absolute Gasteiger partial charge is 0.457 e. The molecule has 0 N–H and O–H groups in total. The standard InChI is InChI=1S/C26H34N4O/c1-20(2)30-15-14-21(17-30)16-28(3)18-23-19-29(4)27-26(23)22-10-12-25(13-11-22)31-24-8-6-5-7-9-24/h5-13,19-21H,14-18H2,1-4H3. The van der Waals surface area contributed by atoms with Crippen molar-refractivity contribution in [2.75, 3.05) is 26.7 Å². The summed E-state index contributed by atoms with van der Waals surface area (Å²) in [5, 5.41) is 4.76. The molecule has 164 valence electrons. The van der Waals surface area contributed by atoms with Gasteiger partial charge in [0, 0.05) is 50.0 Å². The molecule has 1 unspecified atom stereocenters. The van der Waals surface area contributed by atoms with Crippen molar-refractivity contribution in [2.45, 2.75) is 32.9 Å². The van der Waals surface area contributed by atoms with E-state index < -0.39 is 0 Å². The smallest absolute Gasteiger partial charge is 0.127 e.